The second kappa shape index (κ2) is 4.06. The molecule has 68 valence electrons. The number of hydrogen-bond donors (Lipinski definition) is 2. The van der Waals surface area contributed by atoms with E-state index in [1.807, 2.05) is 6.92 Å². The van der Waals surface area contributed by atoms with Crippen LogP contribution in [0.25, 0.3) is 0 Å². The third-order valence-electron chi connectivity index (χ3n) is 1.64. The first-order chi connectivity index (χ1) is 5.72. The van der Waals surface area contributed by atoms with Gasteiger partial charge in [-0.25, -0.2) is 0 Å². The first kappa shape index (κ1) is 8.99. The first-order valence-electron chi connectivity index (χ1n) is 3.98. The molecule has 0 atom stereocenters. The molecule has 0 heterocycles. The van der Waals surface area contributed by atoms with Gasteiger partial charge in [0.1, 0.15) is 0 Å². The highest BCUT2D eigenvalue weighted by Crippen LogP contribution is 2.19. The number of ether oxygens (including phenoxy) is 1. The van der Waals surface area contributed by atoms with Crippen LogP contribution in [0.3, 0.4) is 0 Å². The van der Waals surface area contributed by atoms with Gasteiger partial charge in [-0.3, -0.25) is 0 Å². The molecule has 1 aliphatic rings. The number of guanidine groups is 1. The molecular weight excluding hydrogens is 156 g/mol. The number of hydrogen-bond acceptors (Lipinski definition) is 3. The monoisotopic (exact) mass is 170 g/mol. The molecule has 0 unspecified atom stereocenters. The highest BCUT2D eigenvalue weighted by molar-refractivity contribution is 5.91. The van der Waals surface area contributed by atoms with Gasteiger partial charge < -0.3 is 16.2 Å². The molecule has 0 bridgehead atoms. The van der Waals surface area contributed by atoms with E-state index in [9.17, 15) is 0 Å². The Hall–Kier alpha value is -1.10. The zero-order valence-corrected chi connectivity index (χ0v) is 7.16. The van der Waals surface area contributed by atoms with Gasteiger partial charge in [0.05, 0.1) is 6.10 Å². The lowest BCUT2D eigenvalue weighted by Crippen LogP contribution is -2.31. The van der Waals surface area contributed by atoms with Crippen molar-refractivity contribution in [1.29, 1.82) is 0 Å². The van der Waals surface area contributed by atoms with Crippen LogP contribution in [0.1, 0.15) is 19.8 Å². The van der Waals surface area contributed by atoms with Crippen LogP contribution in [0.4, 0.5) is 0 Å². The molecule has 1 rings (SSSR count). The topological polar surface area (TPSA) is 86.0 Å². The molecule has 0 aliphatic heterocycles. The zero-order valence-electron chi connectivity index (χ0n) is 7.16. The zero-order chi connectivity index (χ0) is 8.97. The summed E-state index contributed by atoms with van der Waals surface area (Å²) < 4.78 is 5.32. The lowest BCUT2D eigenvalue weighted by atomic mass is 9.93. The van der Waals surface area contributed by atoms with Crippen molar-refractivity contribution in [1.82, 2.24) is 0 Å². The summed E-state index contributed by atoms with van der Waals surface area (Å²) in [6.45, 7) is 2.73. The van der Waals surface area contributed by atoms with E-state index in [0.717, 1.165) is 25.2 Å². The SMILES string of the molecule is CCOC1CC(=NN=C(N)N)C1. The van der Waals surface area contributed by atoms with Crippen molar-refractivity contribution in [3.63, 3.8) is 0 Å². The Morgan fingerprint density at radius 1 is 1.58 bits per heavy atom. The Morgan fingerprint density at radius 3 is 2.75 bits per heavy atom. The molecule has 0 spiro atoms. The molecule has 1 fully saturated rings. The van der Waals surface area contributed by atoms with Crippen LogP contribution in [-0.4, -0.2) is 24.4 Å². The molecule has 5 heteroatoms. The molecule has 1 saturated carbocycles. The molecule has 0 radical (unpaired) electrons. The molecule has 1 aliphatic carbocycles. The quantitative estimate of drug-likeness (QED) is 0.350. The number of nitrogens with two attached hydrogens (primary N) is 2. The minimum Gasteiger partial charge on any atom is -0.378 e. The van der Waals surface area contributed by atoms with Crippen molar-refractivity contribution in [2.75, 3.05) is 6.61 Å². The van der Waals surface area contributed by atoms with Crippen LogP contribution in [-0.2, 0) is 4.74 Å². The maximum atomic E-state index is 5.32. The summed E-state index contributed by atoms with van der Waals surface area (Å²) in [6.07, 6.45) is 2.03. The highest BCUT2D eigenvalue weighted by Gasteiger charge is 2.24. The van der Waals surface area contributed by atoms with Crippen molar-refractivity contribution >= 4 is 11.7 Å². The fraction of sp³-hybridized carbons (Fsp3) is 0.714. The van der Waals surface area contributed by atoms with Gasteiger partial charge in [0, 0.05) is 25.2 Å². The van der Waals surface area contributed by atoms with Gasteiger partial charge in [0.25, 0.3) is 0 Å². The highest BCUT2D eigenvalue weighted by atomic mass is 16.5. The minimum absolute atomic E-state index is 0.00219. The van der Waals surface area contributed by atoms with Crippen LogP contribution in [0.15, 0.2) is 10.2 Å². The van der Waals surface area contributed by atoms with E-state index in [1.54, 1.807) is 0 Å². The van der Waals surface area contributed by atoms with E-state index in [-0.39, 0.29) is 5.96 Å². The Balaban J connectivity index is 2.24. The van der Waals surface area contributed by atoms with Crippen molar-refractivity contribution in [3.05, 3.63) is 0 Å². The van der Waals surface area contributed by atoms with E-state index in [1.165, 1.54) is 0 Å². The molecule has 0 aromatic heterocycles. The van der Waals surface area contributed by atoms with Crippen LogP contribution in [0, 0.1) is 0 Å². The normalized spacial score (nSPS) is 21.4. The fourth-order valence-electron chi connectivity index (χ4n) is 1.03. The van der Waals surface area contributed by atoms with Crippen LogP contribution >= 0.6 is 0 Å². The summed E-state index contributed by atoms with van der Waals surface area (Å²) in [7, 11) is 0. The Labute approximate surface area is 71.5 Å². The summed E-state index contributed by atoms with van der Waals surface area (Å²) >= 11 is 0. The average molecular weight is 170 g/mol. The van der Waals surface area contributed by atoms with Crippen molar-refractivity contribution in [2.24, 2.45) is 21.7 Å². The fourth-order valence-corrected chi connectivity index (χ4v) is 1.03. The smallest absolute Gasteiger partial charge is 0.211 e. The molecule has 0 amide bonds. The molecule has 0 aromatic carbocycles. The molecular formula is C7H14N4O. The van der Waals surface area contributed by atoms with E-state index < -0.39 is 0 Å². The molecule has 5 nitrogen and oxygen atoms in total. The van der Waals surface area contributed by atoms with Crippen molar-refractivity contribution < 1.29 is 4.74 Å². The lowest BCUT2D eigenvalue weighted by molar-refractivity contribution is 0.0562. The van der Waals surface area contributed by atoms with E-state index in [4.69, 9.17) is 16.2 Å². The van der Waals surface area contributed by atoms with Crippen molar-refractivity contribution in [3.8, 4) is 0 Å². The average Bonchev–Trinajstić information content (AvgIpc) is 1.93. The predicted molar refractivity (Wildman–Crippen MR) is 47.9 cm³/mol. The lowest BCUT2D eigenvalue weighted by Gasteiger charge is -2.26. The standard InChI is InChI=1S/C7H14N4O/c1-2-12-6-3-5(4-6)10-11-7(8)9/h6H,2-4H2,1H3,(H4,8,9,11). The van der Waals surface area contributed by atoms with E-state index >= 15 is 0 Å². The maximum Gasteiger partial charge on any atom is 0.211 e. The Morgan fingerprint density at radius 2 is 2.25 bits per heavy atom. The van der Waals surface area contributed by atoms with E-state index in [2.05, 4.69) is 10.2 Å². The summed E-state index contributed by atoms with van der Waals surface area (Å²) in [5.74, 6) is 0.00219. The van der Waals surface area contributed by atoms with Gasteiger partial charge in [0.15, 0.2) is 0 Å². The Bertz CT molecular complexity index is 199. The van der Waals surface area contributed by atoms with E-state index in [0.29, 0.717) is 6.10 Å². The van der Waals surface area contributed by atoms with Gasteiger partial charge >= 0.3 is 0 Å². The summed E-state index contributed by atoms with van der Waals surface area (Å²) in [5, 5.41) is 7.38. The summed E-state index contributed by atoms with van der Waals surface area (Å²) in [4.78, 5) is 0. The first-order valence-corrected chi connectivity index (χ1v) is 3.98. The third kappa shape index (κ3) is 2.50. The maximum absolute atomic E-state index is 5.32. The number of nitrogens with zero attached hydrogens (tertiary/aromatic N) is 2. The molecule has 0 saturated heterocycles. The molecule has 4 N–H and O–H groups in total. The van der Waals surface area contributed by atoms with Crippen LogP contribution in [0.2, 0.25) is 0 Å². The van der Waals surface area contributed by atoms with Gasteiger partial charge in [-0.05, 0) is 6.92 Å². The van der Waals surface area contributed by atoms with Gasteiger partial charge in [-0.2, -0.15) is 5.10 Å². The van der Waals surface area contributed by atoms with Crippen molar-refractivity contribution in [2.45, 2.75) is 25.9 Å². The third-order valence-corrected chi connectivity index (χ3v) is 1.64. The van der Waals surface area contributed by atoms with Gasteiger partial charge in [0.2, 0.25) is 5.96 Å². The van der Waals surface area contributed by atoms with Gasteiger partial charge in [-0.15, -0.1) is 5.10 Å². The second-order valence-electron chi connectivity index (χ2n) is 2.68. The largest absolute Gasteiger partial charge is 0.378 e. The van der Waals surface area contributed by atoms with Gasteiger partial charge in [-0.1, -0.05) is 0 Å². The molecule has 12 heavy (non-hydrogen) atoms. The summed E-state index contributed by atoms with van der Waals surface area (Å²) in [6, 6.07) is 0. The predicted octanol–water partition coefficient (Wildman–Crippen LogP) is -0.185. The number of rotatable bonds is 3. The minimum atomic E-state index is 0.00219. The second-order valence-corrected chi connectivity index (χ2v) is 2.68. The molecule has 0 aromatic rings. The van der Waals surface area contributed by atoms with Crippen LogP contribution in [0.5, 0.6) is 0 Å². The summed E-state index contributed by atoms with van der Waals surface area (Å²) in [5.41, 5.74) is 11.2. The van der Waals surface area contributed by atoms with Crippen LogP contribution < -0.4 is 11.5 Å². The Kier molecular flexibility index (Phi) is 3.04.